The van der Waals surface area contributed by atoms with E-state index in [1.807, 2.05) is 0 Å². The van der Waals surface area contributed by atoms with Crippen LogP contribution in [0.5, 0.6) is 5.88 Å². The van der Waals surface area contributed by atoms with Crippen LogP contribution in [-0.4, -0.2) is 26.4 Å². The van der Waals surface area contributed by atoms with E-state index in [-0.39, 0.29) is 23.1 Å². The highest BCUT2D eigenvalue weighted by Gasteiger charge is 2.30. The van der Waals surface area contributed by atoms with Gasteiger partial charge in [0, 0.05) is 18.1 Å². The predicted octanol–water partition coefficient (Wildman–Crippen LogP) is 4.56. The van der Waals surface area contributed by atoms with Crippen molar-refractivity contribution in [2.24, 2.45) is 0 Å². The van der Waals surface area contributed by atoms with Crippen LogP contribution in [0.15, 0.2) is 18.5 Å². The molecule has 0 unspecified atom stereocenters. The summed E-state index contributed by atoms with van der Waals surface area (Å²) in [5, 5.41) is 4.13. The molecule has 0 aliphatic heterocycles. The van der Waals surface area contributed by atoms with Gasteiger partial charge >= 0.3 is 0 Å². The van der Waals surface area contributed by atoms with Gasteiger partial charge in [0.1, 0.15) is 23.8 Å². The molecule has 0 atom stereocenters. The van der Waals surface area contributed by atoms with Gasteiger partial charge in [-0.1, -0.05) is 19.3 Å². The third-order valence-corrected chi connectivity index (χ3v) is 4.87. The summed E-state index contributed by atoms with van der Waals surface area (Å²) in [6.07, 6.45) is 5.74. The number of halogens is 4. The fourth-order valence-electron chi connectivity index (χ4n) is 3.77. The van der Waals surface area contributed by atoms with Crippen LogP contribution in [0.25, 0.3) is 16.9 Å². The van der Waals surface area contributed by atoms with E-state index in [2.05, 4.69) is 15.1 Å². The lowest BCUT2D eigenvalue weighted by Crippen LogP contribution is -2.15. The highest BCUT2D eigenvalue weighted by molar-refractivity contribution is 5.74. The Labute approximate surface area is 152 Å². The smallest absolute Gasteiger partial charge is 0.255 e. The largest absolute Gasteiger partial charge is 0.445 e. The van der Waals surface area contributed by atoms with Crippen LogP contribution >= 0.6 is 0 Å². The van der Waals surface area contributed by atoms with Gasteiger partial charge in [-0.25, -0.2) is 22.1 Å². The lowest BCUT2D eigenvalue weighted by atomic mass is 9.83. The van der Waals surface area contributed by atoms with E-state index in [0.29, 0.717) is 17.8 Å². The molecule has 1 aliphatic rings. The van der Waals surface area contributed by atoms with E-state index < -0.39 is 29.9 Å². The molecule has 9 heteroatoms. The number of alkyl halides is 1. The van der Waals surface area contributed by atoms with Gasteiger partial charge in [-0.3, -0.25) is 0 Å². The van der Waals surface area contributed by atoms with Gasteiger partial charge in [-0.05, 0) is 12.8 Å². The Balaban J connectivity index is 2.06. The highest BCUT2D eigenvalue weighted by atomic mass is 19.2. The number of aromatic nitrogens is 4. The van der Waals surface area contributed by atoms with Crippen molar-refractivity contribution in [2.75, 3.05) is 6.86 Å². The van der Waals surface area contributed by atoms with Gasteiger partial charge in [0.15, 0.2) is 0 Å². The lowest BCUT2D eigenvalue weighted by molar-refractivity contribution is 0.185. The first-order chi connectivity index (χ1) is 13.1. The minimum Gasteiger partial charge on any atom is -0.445 e. The van der Waals surface area contributed by atoms with Crippen molar-refractivity contribution in [3.05, 3.63) is 41.6 Å². The van der Waals surface area contributed by atoms with Gasteiger partial charge in [-0.2, -0.15) is 15.1 Å². The molecule has 3 aromatic rings. The van der Waals surface area contributed by atoms with E-state index >= 15 is 0 Å². The maximum Gasteiger partial charge on any atom is 0.255 e. The van der Waals surface area contributed by atoms with Gasteiger partial charge in [0.05, 0.1) is 16.8 Å². The van der Waals surface area contributed by atoms with Crippen LogP contribution in [0.3, 0.4) is 0 Å². The summed E-state index contributed by atoms with van der Waals surface area (Å²) in [6, 6.07) is 1.15. The van der Waals surface area contributed by atoms with Crippen molar-refractivity contribution >= 4 is 5.78 Å². The van der Waals surface area contributed by atoms with E-state index in [1.54, 1.807) is 0 Å². The van der Waals surface area contributed by atoms with Gasteiger partial charge in [0.2, 0.25) is 12.7 Å². The maximum atomic E-state index is 14.6. The van der Waals surface area contributed by atoms with Crippen LogP contribution < -0.4 is 4.74 Å². The number of benzene rings is 1. The zero-order chi connectivity index (χ0) is 19.0. The number of hydrogen-bond acceptors (Lipinski definition) is 4. The summed E-state index contributed by atoms with van der Waals surface area (Å²) in [4.78, 5) is 8.06. The average Bonchev–Trinajstić information content (AvgIpc) is 3.10. The van der Waals surface area contributed by atoms with E-state index in [1.165, 1.54) is 10.8 Å². The van der Waals surface area contributed by atoms with Crippen molar-refractivity contribution in [3.63, 3.8) is 0 Å². The van der Waals surface area contributed by atoms with Gasteiger partial charge < -0.3 is 4.74 Å². The molecule has 0 amide bonds. The summed E-state index contributed by atoms with van der Waals surface area (Å²) in [5.41, 5.74) is -0.108. The molecule has 27 heavy (non-hydrogen) atoms. The first-order valence-corrected chi connectivity index (χ1v) is 8.67. The summed E-state index contributed by atoms with van der Waals surface area (Å²) in [7, 11) is 0. The van der Waals surface area contributed by atoms with Crippen LogP contribution in [0, 0.1) is 17.5 Å². The van der Waals surface area contributed by atoms with E-state index in [9.17, 15) is 17.6 Å². The van der Waals surface area contributed by atoms with Crippen molar-refractivity contribution in [2.45, 2.75) is 38.0 Å². The van der Waals surface area contributed by atoms with E-state index in [0.717, 1.165) is 32.1 Å². The molecule has 1 saturated carbocycles. The summed E-state index contributed by atoms with van der Waals surface area (Å²) >= 11 is 0. The van der Waals surface area contributed by atoms with Crippen LogP contribution in [0.4, 0.5) is 17.6 Å². The first-order valence-electron chi connectivity index (χ1n) is 8.67. The third kappa shape index (κ3) is 3.11. The monoisotopic (exact) mass is 380 g/mol. The van der Waals surface area contributed by atoms with Crippen molar-refractivity contribution < 1.29 is 22.3 Å². The van der Waals surface area contributed by atoms with Gasteiger partial charge in [0.25, 0.3) is 5.78 Å². The van der Waals surface area contributed by atoms with Crippen LogP contribution in [0.2, 0.25) is 0 Å². The number of hydrogen-bond donors (Lipinski definition) is 0. The number of ether oxygens (including phenoxy) is 1. The van der Waals surface area contributed by atoms with Crippen molar-refractivity contribution in [1.82, 2.24) is 19.6 Å². The molecule has 0 N–H and O–H groups in total. The maximum absolute atomic E-state index is 14.6. The van der Waals surface area contributed by atoms with Gasteiger partial charge in [-0.15, -0.1) is 0 Å². The molecule has 4 rings (SSSR count). The Morgan fingerprint density at radius 2 is 1.74 bits per heavy atom. The topological polar surface area (TPSA) is 52.3 Å². The molecule has 142 valence electrons. The molecule has 2 heterocycles. The zero-order valence-electron chi connectivity index (χ0n) is 14.3. The number of rotatable bonds is 4. The standard InChI is InChI=1S/C18H16F4N4O/c19-8-27-17-15(14-12(21)6-11(20)7-13(14)22)16(10-4-2-1-3-5-10)26-18(25-17)23-9-24-26/h6-7,9-10H,1-5,8H2. The first kappa shape index (κ1) is 17.7. The molecule has 2 aromatic heterocycles. The van der Waals surface area contributed by atoms with Crippen molar-refractivity contribution in [1.29, 1.82) is 0 Å². The Morgan fingerprint density at radius 1 is 1.04 bits per heavy atom. The van der Waals surface area contributed by atoms with Crippen molar-refractivity contribution in [3.8, 4) is 17.0 Å². The SMILES string of the molecule is FCOc1nc2ncnn2c(C2CCCCC2)c1-c1c(F)cc(F)cc1F. The fraction of sp³-hybridized carbons (Fsp3) is 0.389. The molecular formula is C18H16F4N4O. The van der Waals surface area contributed by atoms with Crippen LogP contribution in [-0.2, 0) is 0 Å². The number of fused-ring (bicyclic) bond motifs is 1. The van der Waals surface area contributed by atoms with E-state index in [4.69, 9.17) is 4.74 Å². The number of nitrogens with zero attached hydrogens (tertiary/aromatic N) is 4. The molecule has 0 radical (unpaired) electrons. The molecular weight excluding hydrogens is 364 g/mol. The summed E-state index contributed by atoms with van der Waals surface area (Å²) in [6.45, 7) is -1.24. The molecule has 1 aliphatic carbocycles. The Bertz CT molecular complexity index is 962. The highest BCUT2D eigenvalue weighted by Crippen LogP contribution is 2.43. The lowest BCUT2D eigenvalue weighted by Gasteiger charge is -2.25. The average molecular weight is 380 g/mol. The quantitative estimate of drug-likeness (QED) is 0.623. The Kier molecular flexibility index (Phi) is 4.67. The molecule has 0 bridgehead atoms. The normalized spacial score (nSPS) is 15.4. The minimum atomic E-state index is -1.24. The molecule has 1 fully saturated rings. The predicted molar refractivity (Wildman–Crippen MR) is 88.5 cm³/mol. The Hall–Kier alpha value is -2.71. The second kappa shape index (κ2) is 7.13. The summed E-state index contributed by atoms with van der Waals surface area (Å²) in [5.74, 6) is -3.51. The fourth-order valence-corrected chi connectivity index (χ4v) is 3.77. The summed E-state index contributed by atoms with van der Waals surface area (Å²) < 4.78 is 61.9. The van der Waals surface area contributed by atoms with Crippen LogP contribution in [0.1, 0.15) is 43.7 Å². The second-order valence-corrected chi connectivity index (χ2v) is 6.48. The molecule has 0 saturated heterocycles. The Morgan fingerprint density at radius 3 is 2.41 bits per heavy atom. The minimum absolute atomic E-state index is 0.0486. The third-order valence-electron chi connectivity index (χ3n) is 4.87. The molecule has 1 aromatic carbocycles. The second-order valence-electron chi connectivity index (χ2n) is 6.48. The molecule has 0 spiro atoms. The zero-order valence-corrected chi connectivity index (χ0v) is 14.3. The molecule has 5 nitrogen and oxygen atoms in total.